The Morgan fingerprint density at radius 1 is 1.39 bits per heavy atom. The Labute approximate surface area is 135 Å². The maximum atomic E-state index is 11.8. The van der Waals surface area contributed by atoms with Gasteiger partial charge in [-0.1, -0.05) is 16.9 Å². The number of nitrogens with one attached hydrogen (secondary N) is 1. The van der Waals surface area contributed by atoms with Crippen LogP contribution in [0.25, 0.3) is 0 Å². The number of imide groups is 1. The van der Waals surface area contributed by atoms with E-state index in [2.05, 4.69) is 10.5 Å². The van der Waals surface area contributed by atoms with Gasteiger partial charge in [-0.15, -0.1) is 0 Å². The van der Waals surface area contributed by atoms with Gasteiger partial charge in [-0.05, 0) is 13.8 Å². The van der Waals surface area contributed by atoms with Crippen LogP contribution >= 0.6 is 11.8 Å². The molecule has 124 valence electrons. The minimum absolute atomic E-state index is 0.0915. The summed E-state index contributed by atoms with van der Waals surface area (Å²) in [6.45, 7) is 2.88. The summed E-state index contributed by atoms with van der Waals surface area (Å²) < 4.78 is 9.71. The van der Waals surface area contributed by atoms with Crippen LogP contribution in [0.15, 0.2) is 4.52 Å². The molecule has 1 N–H and O–H groups in total. The lowest BCUT2D eigenvalue weighted by molar-refractivity contribution is -0.126. The number of amides is 3. The Morgan fingerprint density at radius 3 is 2.70 bits per heavy atom. The van der Waals surface area contributed by atoms with Crippen molar-refractivity contribution in [1.82, 2.24) is 15.4 Å². The predicted molar refractivity (Wildman–Crippen MR) is 78.8 cm³/mol. The van der Waals surface area contributed by atoms with Crippen molar-refractivity contribution in [3.8, 4) is 0 Å². The van der Waals surface area contributed by atoms with Gasteiger partial charge in [-0.25, -0.2) is 4.79 Å². The van der Waals surface area contributed by atoms with Gasteiger partial charge in [0.2, 0.25) is 5.91 Å². The van der Waals surface area contributed by atoms with Gasteiger partial charge >= 0.3 is 5.97 Å². The molecule has 23 heavy (non-hydrogen) atoms. The second kappa shape index (κ2) is 7.27. The minimum Gasteiger partial charge on any atom is -0.452 e. The van der Waals surface area contributed by atoms with Crippen LogP contribution in [0.2, 0.25) is 0 Å². The second-order valence-corrected chi connectivity index (χ2v) is 5.65. The van der Waals surface area contributed by atoms with Crippen LogP contribution in [0.4, 0.5) is 4.79 Å². The lowest BCUT2D eigenvalue weighted by atomic mass is 10.2. The fourth-order valence-corrected chi connectivity index (χ4v) is 2.68. The fourth-order valence-electron chi connectivity index (χ4n) is 1.93. The minimum atomic E-state index is -0.697. The van der Waals surface area contributed by atoms with Crippen molar-refractivity contribution >= 4 is 34.8 Å². The number of hydrogen-bond acceptors (Lipinski definition) is 8. The molecule has 0 radical (unpaired) electrons. The first-order chi connectivity index (χ1) is 10.9. The molecule has 0 bridgehead atoms. The van der Waals surface area contributed by atoms with Crippen LogP contribution < -0.4 is 5.32 Å². The lowest BCUT2D eigenvalue weighted by Crippen LogP contribution is -2.38. The summed E-state index contributed by atoms with van der Waals surface area (Å²) in [5, 5.41) is 5.77. The SMILES string of the molecule is Cc1noc(C)c1C(=O)OCC(=O)NCCN1C(=O)CSC1=O. The third-order valence-corrected chi connectivity index (χ3v) is 3.93. The molecule has 1 aromatic heterocycles. The maximum absolute atomic E-state index is 11.8. The second-order valence-electron chi connectivity index (χ2n) is 4.73. The number of aryl methyl sites for hydroxylation is 2. The quantitative estimate of drug-likeness (QED) is 0.732. The summed E-state index contributed by atoms with van der Waals surface area (Å²) >= 11 is 0.928. The van der Waals surface area contributed by atoms with Gasteiger partial charge < -0.3 is 14.6 Å². The molecule has 1 aliphatic rings. The molecule has 1 saturated heterocycles. The number of carbonyl (C=O) groups excluding carboxylic acids is 4. The molecule has 1 fully saturated rings. The van der Waals surface area contributed by atoms with Gasteiger partial charge in [0.05, 0.1) is 11.4 Å². The Hall–Kier alpha value is -2.36. The number of rotatable bonds is 6. The number of aromatic nitrogens is 1. The molecule has 2 heterocycles. The third-order valence-electron chi connectivity index (χ3n) is 3.07. The van der Waals surface area contributed by atoms with Crippen molar-refractivity contribution in [1.29, 1.82) is 0 Å². The molecule has 10 heteroatoms. The summed E-state index contributed by atoms with van der Waals surface area (Å²) in [4.78, 5) is 47.2. The van der Waals surface area contributed by atoms with E-state index in [0.717, 1.165) is 16.7 Å². The highest BCUT2D eigenvalue weighted by molar-refractivity contribution is 8.14. The monoisotopic (exact) mass is 341 g/mol. The Balaban J connectivity index is 1.72. The molecule has 1 aliphatic heterocycles. The first-order valence-corrected chi connectivity index (χ1v) is 7.72. The molecule has 0 saturated carbocycles. The van der Waals surface area contributed by atoms with Crippen molar-refractivity contribution < 1.29 is 28.4 Å². The first kappa shape index (κ1) is 17.0. The van der Waals surface area contributed by atoms with Crippen LogP contribution in [-0.4, -0.2) is 58.5 Å². The number of carbonyl (C=O) groups is 4. The lowest BCUT2D eigenvalue weighted by Gasteiger charge is -2.13. The highest BCUT2D eigenvalue weighted by atomic mass is 32.2. The van der Waals surface area contributed by atoms with Crippen LogP contribution in [0, 0.1) is 13.8 Å². The van der Waals surface area contributed by atoms with Crippen molar-refractivity contribution in [3.63, 3.8) is 0 Å². The molecule has 0 unspecified atom stereocenters. The smallest absolute Gasteiger partial charge is 0.344 e. The number of esters is 1. The Kier molecular flexibility index (Phi) is 5.37. The maximum Gasteiger partial charge on any atom is 0.344 e. The predicted octanol–water partition coefficient (Wildman–Crippen LogP) is 0.260. The summed E-state index contributed by atoms with van der Waals surface area (Å²) in [5.74, 6) is -1.06. The van der Waals surface area contributed by atoms with Gasteiger partial charge in [-0.3, -0.25) is 19.3 Å². The van der Waals surface area contributed by atoms with Crippen molar-refractivity contribution in [2.75, 3.05) is 25.4 Å². The van der Waals surface area contributed by atoms with E-state index in [-0.39, 0.29) is 35.6 Å². The molecular formula is C13H15N3O6S. The van der Waals surface area contributed by atoms with Crippen LogP contribution in [0.1, 0.15) is 21.8 Å². The van der Waals surface area contributed by atoms with Gasteiger partial charge in [0.1, 0.15) is 11.3 Å². The van der Waals surface area contributed by atoms with Gasteiger partial charge in [0, 0.05) is 13.1 Å². The molecule has 0 aromatic carbocycles. The average Bonchev–Trinajstić information content (AvgIpc) is 3.00. The number of hydrogen-bond donors (Lipinski definition) is 1. The van der Waals surface area contributed by atoms with E-state index in [4.69, 9.17) is 9.26 Å². The molecule has 9 nitrogen and oxygen atoms in total. The van der Waals surface area contributed by atoms with E-state index in [1.807, 2.05) is 0 Å². The molecule has 0 aliphatic carbocycles. The van der Waals surface area contributed by atoms with E-state index in [1.54, 1.807) is 13.8 Å². The van der Waals surface area contributed by atoms with E-state index < -0.39 is 18.5 Å². The largest absolute Gasteiger partial charge is 0.452 e. The summed E-state index contributed by atoms with van der Waals surface area (Å²) in [7, 11) is 0. The van der Waals surface area contributed by atoms with Gasteiger partial charge in [0.25, 0.3) is 11.1 Å². The van der Waals surface area contributed by atoms with Gasteiger partial charge in [-0.2, -0.15) is 0 Å². The van der Waals surface area contributed by atoms with Crippen molar-refractivity contribution in [2.24, 2.45) is 0 Å². The molecule has 2 rings (SSSR count). The topological polar surface area (TPSA) is 119 Å². The zero-order chi connectivity index (χ0) is 17.0. The first-order valence-electron chi connectivity index (χ1n) is 6.74. The van der Waals surface area contributed by atoms with E-state index in [1.165, 1.54) is 0 Å². The van der Waals surface area contributed by atoms with Crippen LogP contribution in [-0.2, 0) is 14.3 Å². The molecule has 0 atom stereocenters. The zero-order valence-corrected chi connectivity index (χ0v) is 13.4. The fraction of sp³-hybridized carbons (Fsp3) is 0.462. The highest BCUT2D eigenvalue weighted by Crippen LogP contribution is 2.17. The Bertz CT molecular complexity index is 621. The molecule has 0 spiro atoms. The van der Waals surface area contributed by atoms with Crippen LogP contribution in [0.3, 0.4) is 0 Å². The Morgan fingerprint density at radius 2 is 2.13 bits per heavy atom. The van der Waals surface area contributed by atoms with Crippen LogP contribution in [0.5, 0.6) is 0 Å². The molecular weight excluding hydrogens is 326 g/mol. The van der Waals surface area contributed by atoms with E-state index >= 15 is 0 Å². The highest BCUT2D eigenvalue weighted by Gasteiger charge is 2.29. The normalized spacial score (nSPS) is 14.3. The van der Waals surface area contributed by atoms with Crippen molar-refractivity contribution in [3.05, 3.63) is 17.0 Å². The van der Waals surface area contributed by atoms with Gasteiger partial charge in [0.15, 0.2) is 6.61 Å². The molecule has 3 amide bonds. The van der Waals surface area contributed by atoms with Crippen molar-refractivity contribution in [2.45, 2.75) is 13.8 Å². The van der Waals surface area contributed by atoms with E-state index in [0.29, 0.717) is 11.5 Å². The number of ether oxygens (including phenoxy) is 1. The zero-order valence-electron chi connectivity index (χ0n) is 12.6. The number of nitrogens with zero attached hydrogens (tertiary/aromatic N) is 2. The standard InChI is InChI=1S/C13H15N3O6S/c1-7-11(8(2)22-15-7)12(19)21-5-9(17)14-3-4-16-10(18)6-23-13(16)20/h3-6H2,1-2H3,(H,14,17). The number of thioether (sulfide) groups is 1. The molecule has 1 aromatic rings. The summed E-state index contributed by atoms with van der Waals surface area (Å²) in [5.41, 5.74) is 0.583. The average molecular weight is 341 g/mol. The van der Waals surface area contributed by atoms with E-state index in [9.17, 15) is 19.2 Å². The summed E-state index contributed by atoms with van der Waals surface area (Å²) in [6, 6.07) is 0. The summed E-state index contributed by atoms with van der Waals surface area (Å²) in [6.07, 6.45) is 0. The third kappa shape index (κ3) is 4.09.